The van der Waals surface area contributed by atoms with Crippen molar-refractivity contribution in [3.05, 3.63) is 65.7 Å². The third-order valence-electron chi connectivity index (χ3n) is 6.34. The molecular formula is C23H27NO3. The van der Waals surface area contributed by atoms with E-state index in [1.807, 2.05) is 43.4 Å². The van der Waals surface area contributed by atoms with Gasteiger partial charge in [-0.3, -0.25) is 0 Å². The van der Waals surface area contributed by atoms with Crippen LogP contribution in [-0.4, -0.2) is 24.7 Å². The molecule has 2 saturated carbocycles. The maximum atomic E-state index is 12.4. The molecule has 2 aliphatic carbocycles. The average Bonchev–Trinajstić information content (AvgIpc) is 3.09. The predicted molar refractivity (Wildman–Crippen MR) is 105 cm³/mol. The van der Waals surface area contributed by atoms with Crippen LogP contribution in [0.5, 0.6) is 5.75 Å². The number of hydrogen-bond donors (Lipinski definition) is 2. The van der Waals surface area contributed by atoms with Gasteiger partial charge in [0.15, 0.2) is 0 Å². The molecule has 0 amide bonds. The van der Waals surface area contributed by atoms with Gasteiger partial charge in [0.1, 0.15) is 5.75 Å². The lowest BCUT2D eigenvalue weighted by molar-refractivity contribution is -0.0806. The van der Waals surface area contributed by atoms with Crippen molar-refractivity contribution in [3.63, 3.8) is 0 Å². The fraction of sp³-hybridized carbons (Fsp3) is 0.435. The fourth-order valence-electron chi connectivity index (χ4n) is 5.10. The third kappa shape index (κ3) is 3.52. The van der Waals surface area contributed by atoms with Crippen molar-refractivity contribution in [1.82, 2.24) is 5.32 Å². The number of carbonyl (C=O) groups is 1. The van der Waals surface area contributed by atoms with Gasteiger partial charge in [-0.1, -0.05) is 36.8 Å². The van der Waals surface area contributed by atoms with E-state index in [-0.39, 0.29) is 11.9 Å². The highest BCUT2D eigenvalue weighted by Gasteiger charge is 2.51. The Kier molecular flexibility index (Phi) is 5.02. The summed E-state index contributed by atoms with van der Waals surface area (Å²) in [6, 6.07) is 16.4. The first kappa shape index (κ1) is 18.2. The summed E-state index contributed by atoms with van der Waals surface area (Å²) in [5, 5.41) is 15.0. The van der Waals surface area contributed by atoms with Crippen LogP contribution in [0.1, 0.15) is 41.6 Å². The van der Waals surface area contributed by atoms with Crippen molar-refractivity contribution >= 4 is 5.97 Å². The van der Waals surface area contributed by atoms with Crippen molar-refractivity contribution in [2.24, 2.45) is 17.8 Å². The van der Waals surface area contributed by atoms with Gasteiger partial charge in [-0.25, -0.2) is 4.79 Å². The lowest BCUT2D eigenvalue weighted by Gasteiger charge is -2.44. The monoisotopic (exact) mass is 365 g/mol. The van der Waals surface area contributed by atoms with E-state index >= 15 is 0 Å². The molecule has 4 rings (SSSR count). The molecule has 2 fully saturated rings. The molecule has 2 aliphatic rings. The van der Waals surface area contributed by atoms with Crippen LogP contribution in [-0.2, 0) is 5.60 Å². The minimum absolute atomic E-state index is 0.182. The highest BCUT2D eigenvalue weighted by molar-refractivity contribution is 5.90. The van der Waals surface area contributed by atoms with E-state index in [0.717, 1.165) is 18.5 Å². The standard InChI is InChI=1S/C23H27NO3/c1-24-15-21-18-11-10-16(12-18)14-23(21,26)19-8-5-9-20(13-19)27-22(25)17-6-3-2-4-7-17/h2-9,13,16,18,21,24,26H,10-12,14-15H2,1H3/t16-,18+,21?,23?/m1/s1. The summed E-state index contributed by atoms with van der Waals surface area (Å²) in [6.07, 6.45) is 4.40. The number of rotatable bonds is 5. The molecule has 0 spiro atoms. The van der Waals surface area contributed by atoms with E-state index in [0.29, 0.717) is 23.1 Å². The SMILES string of the molecule is CNCC1[C@H]2CC[C@H](C2)CC1(O)c1cccc(OC(=O)c2ccccc2)c1. The van der Waals surface area contributed by atoms with Crippen molar-refractivity contribution in [2.75, 3.05) is 13.6 Å². The summed E-state index contributed by atoms with van der Waals surface area (Å²) in [5.74, 6) is 1.42. The summed E-state index contributed by atoms with van der Waals surface area (Å²) in [6.45, 7) is 0.794. The minimum Gasteiger partial charge on any atom is -0.423 e. The Hall–Kier alpha value is -2.17. The van der Waals surface area contributed by atoms with Crippen LogP contribution >= 0.6 is 0 Å². The zero-order valence-corrected chi connectivity index (χ0v) is 15.7. The van der Waals surface area contributed by atoms with Gasteiger partial charge in [0.2, 0.25) is 0 Å². The van der Waals surface area contributed by atoms with E-state index < -0.39 is 5.60 Å². The molecule has 0 aliphatic heterocycles. The maximum absolute atomic E-state index is 12.4. The van der Waals surface area contributed by atoms with Crippen LogP contribution in [0.15, 0.2) is 54.6 Å². The second-order valence-electron chi connectivity index (χ2n) is 8.02. The van der Waals surface area contributed by atoms with Gasteiger partial charge < -0.3 is 15.2 Å². The van der Waals surface area contributed by atoms with E-state index in [1.54, 1.807) is 18.2 Å². The Labute approximate surface area is 160 Å². The molecular weight excluding hydrogens is 338 g/mol. The number of nitrogens with one attached hydrogen (secondary N) is 1. The lowest BCUT2D eigenvalue weighted by atomic mass is 9.66. The molecule has 0 radical (unpaired) electrons. The van der Waals surface area contributed by atoms with Gasteiger partial charge in [-0.15, -0.1) is 0 Å². The van der Waals surface area contributed by atoms with Crippen molar-refractivity contribution in [2.45, 2.75) is 31.3 Å². The largest absolute Gasteiger partial charge is 0.423 e. The molecule has 142 valence electrons. The molecule has 27 heavy (non-hydrogen) atoms. The molecule has 0 saturated heterocycles. The Morgan fingerprint density at radius 2 is 2.00 bits per heavy atom. The Morgan fingerprint density at radius 3 is 2.78 bits per heavy atom. The number of fused-ring (bicyclic) bond motifs is 2. The summed E-state index contributed by atoms with van der Waals surface area (Å²) >= 11 is 0. The number of benzene rings is 2. The fourth-order valence-corrected chi connectivity index (χ4v) is 5.10. The first-order valence-corrected chi connectivity index (χ1v) is 9.85. The number of hydrogen-bond acceptors (Lipinski definition) is 4. The summed E-state index contributed by atoms with van der Waals surface area (Å²) in [7, 11) is 1.94. The van der Waals surface area contributed by atoms with Crippen LogP contribution in [0.25, 0.3) is 0 Å². The van der Waals surface area contributed by atoms with Gasteiger partial charge >= 0.3 is 5.97 Å². The molecule has 2 N–H and O–H groups in total. The molecule has 4 atom stereocenters. The third-order valence-corrected chi connectivity index (χ3v) is 6.34. The minimum atomic E-state index is -0.873. The Bertz CT molecular complexity index is 806. The normalized spacial score (nSPS) is 29.5. The van der Waals surface area contributed by atoms with Crippen LogP contribution in [0.3, 0.4) is 0 Å². The quantitative estimate of drug-likeness (QED) is 0.626. The molecule has 4 heteroatoms. The molecule has 0 heterocycles. The average molecular weight is 365 g/mol. The molecule has 2 bridgehead atoms. The van der Waals surface area contributed by atoms with Gasteiger partial charge in [0, 0.05) is 12.5 Å². The van der Waals surface area contributed by atoms with Crippen molar-refractivity contribution < 1.29 is 14.6 Å². The summed E-state index contributed by atoms with van der Waals surface area (Å²) in [4.78, 5) is 12.4. The van der Waals surface area contributed by atoms with Crippen LogP contribution in [0.4, 0.5) is 0 Å². The summed E-state index contributed by atoms with van der Waals surface area (Å²) in [5.41, 5.74) is 0.505. The Balaban J connectivity index is 1.60. The smallest absolute Gasteiger partial charge is 0.343 e. The predicted octanol–water partition coefficient (Wildman–Crippen LogP) is 3.75. The van der Waals surface area contributed by atoms with E-state index in [9.17, 15) is 9.90 Å². The zero-order chi connectivity index (χ0) is 18.9. The molecule has 4 nitrogen and oxygen atoms in total. The number of carbonyl (C=O) groups excluding carboxylic acids is 1. The molecule has 2 unspecified atom stereocenters. The first-order valence-electron chi connectivity index (χ1n) is 9.85. The van der Waals surface area contributed by atoms with E-state index in [1.165, 1.54) is 19.3 Å². The lowest BCUT2D eigenvalue weighted by Crippen LogP contribution is -2.47. The number of aliphatic hydroxyl groups is 1. The second kappa shape index (κ2) is 7.45. The van der Waals surface area contributed by atoms with Crippen LogP contribution in [0, 0.1) is 17.8 Å². The first-order chi connectivity index (χ1) is 13.1. The van der Waals surface area contributed by atoms with Gasteiger partial charge in [0.05, 0.1) is 11.2 Å². The highest BCUT2D eigenvalue weighted by atomic mass is 16.5. The second-order valence-corrected chi connectivity index (χ2v) is 8.02. The summed E-state index contributed by atoms with van der Waals surface area (Å²) < 4.78 is 5.58. The number of ether oxygens (including phenoxy) is 1. The molecule has 2 aromatic carbocycles. The van der Waals surface area contributed by atoms with E-state index in [2.05, 4.69) is 5.32 Å². The van der Waals surface area contributed by atoms with Crippen molar-refractivity contribution in [1.29, 1.82) is 0 Å². The highest BCUT2D eigenvalue weighted by Crippen LogP contribution is 2.54. The molecule has 2 aromatic rings. The van der Waals surface area contributed by atoms with Crippen molar-refractivity contribution in [3.8, 4) is 5.75 Å². The molecule has 0 aromatic heterocycles. The maximum Gasteiger partial charge on any atom is 0.343 e. The number of esters is 1. The van der Waals surface area contributed by atoms with Gasteiger partial charge in [-0.05, 0) is 68.0 Å². The van der Waals surface area contributed by atoms with E-state index in [4.69, 9.17) is 4.74 Å². The van der Waals surface area contributed by atoms with Gasteiger partial charge in [0.25, 0.3) is 0 Å². The van der Waals surface area contributed by atoms with Crippen LogP contribution < -0.4 is 10.1 Å². The topological polar surface area (TPSA) is 58.6 Å². The zero-order valence-electron chi connectivity index (χ0n) is 15.7. The van der Waals surface area contributed by atoms with Gasteiger partial charge in [-0.2, -0.15) is 0 Å². The van der Waals surface area contributed by atoms with Crippen LogP contribution in [0.2, 0.25) is 0 Å². The Morgan fingerprint density at radius 1 is 1.19 bits per heavy atom.